The number of rotatable bonds is 9. The van der Waals surface area contributed by atoms with Gasteiger partial charge in [0.2, 0.25) is 0 Å². The van der Waals surface area contributed by atoms with E-state index in [1.54, 1.807) is 11.0 Å². The third-order valence-corrected chi connectivity index (χ3v) is 5.33. The number of hydrogen-bond donors (Lipinski definition) is 0. The minimum absolute atomic E-state index is 0.00109. The predicted molar refractivity (Wildman–Crippen MR) is 115 cm³/mol. The highest BCUT2D eigenvalue weighted by molar-refractivity contribution is 9.09. The molecule has 1 amide bonds. The Labute approximate surface area is 168 Å². The lowest BCUT2D eigenvalue weighted by Gasteiger charge is -2.38. The van der Waals surface area contributed by atoms with Crippen molar-refractivity contribution in [3.63, 3.8) is 0 Å². The molecule has 0 heterocycles. The second kappa shape index (κ2) is 11.6. The molecule has 1 atom stereocenters. The number of alkyl halides is 1. The molecule has 0 radical (unpaired) electrons. The lowest BCUT2D eigenvalue weighted by Crippen LogP contribution is -2.46. The molecule has 1 aliphatic rings. The van der Waals surface area contributed by atoms with E-state index >= 15 is 0 Å². The molecule has 4 heteroatoms. The highest BCUT2D eigenvalue weighted by Gasteiger charge is 2.33. The van der Waals surface area contributed by atoms with Crippen LogP contribution in [0.4, 0.5) is 4.79 Å². The number of nitrogens with zero attached hydrogens (tertiary/aromatic N) is 1. The fraction of sp³-hybridized carbons (Fsp3) is 0.682. The Bertz CT molecular complexity index is 473. The van der Waals surface area contributed by atoms with Gasteiger partial charge in [-0.05, 0) is 71.1 Å². The Hall–Kier alpha value is -1.03. The molecule has 0 bridgehead atoms. The van der Waals surface area contributed by atoms with E-state index in [-0.39, 0.29) is 12.1 Å². The van der Waals surface area contributed by atoms with E-state index in [0.717, 1.165) is 24.6 Å². The van der Waals surface area contributed by atoms with Crippen molar-refractivity contribution >= 4 is 22.0 Å². The minimum Gasteiger partial charge on any atom is -0.444 e. The molecular formula is C22H36BrNO2. The number of hydrogen-bond acceptors (Lipinski definition) is 2. The first-order valence-electron chi connectivity index (χ1n) is 9.78. The molecular weight excluding hydrogens is 390 g/mol. The molecule has 26 heavy (non-hydrogen) atoms. The summed E-state index contributed by atoms with van der Waals surface area (Å²) in [5.74, 6) is 1.11. The smallest absolute Gasteiger partial charge is 0.411 e. The lowest BCUT2D eigenvalue weighted by molar-refractivity contribution is 0.0153. The van der Waals surface area contributed by atoms with E-state index in [4.69, 9.17) is 4.74 Å². The van der Waals surface area contributed by atoms with Crippen LogP contribution in [-0.4, -0.2) is 34.5 Å². The molecule has 148 valence electrons. The Kier molecular flexibility index (Phi) is 10.3. The van der Waals surface area contributed by atoms with Crippen molar-refractivity contribution in [3.8, 4) is 0 Å². The SMILES string of the molecule is C=CCN(C(=O)OC(C)(C)C)C(C=C)C1CCC(/C=C/CCCBr)CC1. The maximum absolute atomic E-state index is 12.7. The Morgan fingerprint density at radius 2 is 1.92 bits per heavy atom. The van der Waals surface area contributed by atoms with Crippen LogP contribution in [0.25, 0.3) is 0 Å². The van der Waals surface area contributed by atoms with Gasteiger partial charge in [-0.15, -0.1) is 13.2 Å². The van der Waals surface area contributed by atoms with Crippen molar-refractivity contribution in [1.82, 2.24) is 4.90 Å². The number of carbonyl (C=O) groups is 1. The fourth-order valence-electron chi connectivity index (χ4n) is 3.51. The van der Waals surface area contributed by atoms with Gasteiger partial charge in [0.25, 0.3) is 0 Å². The summed E-state index contributed by atoms with van der Waals surface area (Å²) in [6.07, 6.45) is 15.0. The highest BCUT2D eigenvalue weighted by Crippen LogP contribution is 2.34. The van der Waals surface area contributed by atoms with Crippen LogP contribution in [0.3, 0.4) is 0 Å². The first-order valence-corrected chi connectivity index (χ1v) is 10.9. The van der Waals surface area contributed by atoms with Crippen LogP contribution in [0.5, 0.6) is 0 Å². The van der Waals surface area contributed by atoms with Gasteiger partial charge in [-0.1, -0.05) is 40.2 Å². The quantitative estimate of drug-likeness (QED) is 0.239. The maximum Gasteiger partial charge on any atom is 0.411 e. The zero-order valence-corrected chi connectivity index (χ0v) is 18.3. The molecule has 0 aromatic heterocycles. The van der Waals surface area contributed by atoms with Crippen molar-refractivity contribution < 1.29 is 9.53 Å². The first-order chi connectivity index (χ1) is 12.3. The molecule has 1 rings (SSSR count). The number of amides is 1. The topological polar surface area (TPSA) is 29.5 Å². The molecule has 1 fully saturated rings. The van der Waals surface area contributed by atoms with Gasteiger partial charge in [-0.2, -0.15) is 0 Å². The zero-order chi connectivity index (χ0) is 19.6. The van der Waals surface area contributed by atoms with Gasteiger partial charge < -0.3 is 4.74 Å². The second-order valence-corrected chi connectivity index (χ2v) is 8.87. The summed E-state index contributed by atoms with van der Waals surface area (Å²) in [5, 5.41) is 1.06. The molecule has 0 aromatic rings. The third kappa shape index (κ3) is 8.11. The number of ether oxygens (including phenoxy) is 1. The van der Waals surface area contributed by atoms with E-state index < -0.39 is 5.60 Å². The van der Waals surface area contributed by atoms with Crippen molar-refractivity contribution in [2.45, 2.75) is 70.9 Å². The second-order valence-electron chi connectivity index (χ2n) is 8.08. The van der Waals surface area contributed by atoms with Gasteiger partial charge in [0.05, 0.1) is 6.04 Å². The molecule has 3 nitrogen and oxygen atoms in total. The molecule has 0 N–H and O–H groups in total. The lowest BCUT2D eigenvalue weighted by atomic mass is 9.78. The Morgan fingerprint density at radius 1 is 1.27 bits per heavy atom. The summed E-state index contributed by atoms with van der Waals surface area (Å²) >= 11 is 3.47. The largest absolute Gasteiger partial charge is 0.444 e. The third-order valence-electron chi connectivity index (χ3n) is 4.77. The van der Waals surface area contributed by atoms with Crippen LogP contribution in [-0.2, 0) is 4.74 Å². The average molecular weight is 426 g/mol. The molecule has 1 aliphatic carbocycles. The van der Waals surface area contributed by atoms with Gasteiger partial charge in [-0.3, -0.25) is 4.90 Å². The summed E-state index contributed by atoms with van der Waals surface area (Å²) in [6, 6.07) is 0.00109. The predicted octanol–water partition coefficient (Wildman–Crippen LogP) is 6.50. The van der Waals surface area contributed by atoms with Crippen molar-refractivity contribution in [2.75, 3.05) is 11.9 Å². The summed E-state index contributed by atoms with van der Waals surface area (Å²) < 4.78 is 5.60. The molecule has 0 aromatic carbocycles. The van der Waals surface area contributed by atoms with Gasteiger partial charge >= 0.3 is 6.09 Å². The normalized spacial score (nSPS) is 22.0. The van der Waals surface area contributed by atoms with Crippen LogP contribution in [0.1, 0.15) is 59.3 Å². The first kappa shape index (κ1) is 23.0. The van der Waals surface area contributed by atoms with Crippen LogP contribution < -0.4 is 0 Å². The van der Waals surface area contributed by atoms with Crippen molar-refractivity contribution in [3.05, 3.63) is 37.5 Å². The number of allylic oxidation sites excluding steroid dienone is 2. The standard InChI is InChI=1S/C22H36BrNO2/c1-6-17-24(21(25)26-22(3,4)5)20(7-2)19-14-12-18(13-15-19)11-9-8-10-16-23/h6-7,9,11,18-20H,1-2,8,10,12-17H2,3-5H3/b11-9+. The van der Waals surface area contributed by atoms with Crippen molar-refractivity contribution in [2.24, 2.45) is 11.8 Å². The summed E-state index contributed by atoms with van der Waals surface area (Å²) in [6.45, 7) is 14.0. The van der Waals surface area contributed by atoms with Crippen LogP contribution in [0.15, 0.2) is 37.5 Å². The van der Waals surface area contributed by atoms with Crippen LogP contribution >= 0.6 is 15.9 Å². The molecule has 0 saturated heterocycles. The maximum atomic E-state index is 12.7. The van der Waals surface area contributed by atoms with E-state index in [1.165, 1.54) is 19.3 Å². The number of carbonyl (C=O) groups excluding carboxylic acids is 1. The van der Waals surface area contributed by atoms with E-state index in [2.05, 4.69) is 41.2 Å². The van der Waals surface area contributed by atoms with E-state index in [9.17, 15) is 4.79 Å². The monoisotopic (exact) mass is 425 g/mol. The van der Waals surface area contributed by atoms with Crippen LogP contribution in [0.2, 0.25) is 0 Å². The molecule has 0 spiro atoms. The highest BCUT2D eigenvalue weighted by atomic mass is 79.9. The molecule has 1 unspecified atom stereocenters. The molecule has 1 saturated carbocycles. The van der Waals surface area contributed by atoms with E-state index in [0.29, 0.717) is 18.4 Å². The summed E-state index contributed by atoms with van der Waals surface area (Å²) in [5.41, 5.74) is -0.500. The Morgan fingerprint density at radius 3 is 2.42 bits per heavy atom. The minimum atomic E-state index is -0.500. The van der Waals surface area contributed by atoms with Gasteiger partial charge in [0.15, 0.2) is 0 Å². The summed E-state index contributed by atoms with van der Waals surface area (Å²) in [4.78, 5) is 14.4. The van der Waals surface area contributed by atoms with E-state index in [1.807, 2.05) is 26.8 Å². The van der Waals surface area contributed by atoms with Gasteiger partial charge in [0, 0.05) is 11.9 Å². The van der Waals surface area contributed by atoms with Crippen LogP contribution in [0, 0.1) is 11.8 Å². The number of halogens is 1. The fourth-order valence-corrected chi connectivity index (χ4v) is 3.84. The number of unbranched alkanes of at least 4 members (excludes halogenated alkanes) is 1. The molecule has 0 aliphatic heterocycles. The van der Waals surface area contributed by atoms with Gasteiger partial charge in [0.1, 0.15) is 5.60 Å². The zero-order valence-electron chi connectivity index (χ0n) is 16.8. The Balaban J connectivity index is 2.68. The van der Waals surface area contributed by atoms with Crippen molar-refractivity contribution in [1.29, 1.82) is 0 Å². The van der Waals surface area contributed by atoms with Gasteiger partial charge in [-0.25, -0.2) is 4.79 Å². The summed E-state index contributed by atoms with van der Waals surface area (Å²) in [7, 11) is 0. The average Bonchev–Trinajstić information content (AvgIpc) is 2.58.